The monoisotopic (exact) mass is 398 g/mol. The number of thiophene rings is 1. The molecule has 1 fully saturated rings. The molecule has 1 aliphatic rings. The number of hydrogen-bond donors (Lipinski definition) is 0. The summed E-state index contributed by atoms with van der Waals surface area (Å²) in [7, 11) is 0. The van der Waals surface area contributed by atoms with Gasteiger partial charge in [-0.1, -0.05) is 33.6 Å². The van der Waals surface area contributed by atoms with E-state index in [1.54, 1.807) is 11.3 Å². The lowest BCUT2D eigenvalue weighted by Crippen LogP contribution is -2.48. The van der Waals surface area contributed by atoms with Crippen molar-refractivity contribution in [1.82, 2.24) is 9.80 Å². The first-order valence-electron chi connectivity index (χ1n) is 7.13. The SMILES string of the molecule is O=C(c1cccc(Br)c1)N1CCN(Cc2ccc(Cl)s2)CC1. The number of amides is 1. The summed E-state index contributed by atoms with van der Waals surface area (Å²) >= 11 is 11.0. The zero-order valence-corrected chi connectivity index (χ0v) is 15.1. The van der Waals surface area contributed by atoms with Crippen molar-refractivity contribution in [3.63, 3.8) is 0 Å². The van der Waals surface area contributed by atoms with Crippen molar-refractivity contribution in [2.75, 3.05) is 26.2 Å². The number of rotatable bonds is 3. The molecule has 0 bridgehead atoms. The fourth-order valence-corrected chi connectivity index (χ4v) is 4.10. The molecular formula is C16H16BrClN2OS. The molecule has 2 heterocycles. The number of carbonyl (C=O) groups excluding carboxylic acids is 1. The molecule has 116 valence electrons. The molecule has 0 N–H and O–H groups in total. The number of piperazine rings is 1. The van der Waals surface area contributed by atoms with Gasteiger partial charge < -0.3 is 4.90 Å². The molecule has 22 heavy (non-hydrogen) atoms. The van der Waals surface area contributed by atoms with Crippen LogP contribution >= 0.6 is 38.9 Å². The first kappa shape index (κ1) is 16.0. The zero-order chi connectivity index (χ0) is 15.5. The van der Waals surface area contributed by atoms with E-state index < -0.39 is 0 Å². The minimum atomic E-state index is 0.111. The molecule has 1 saturated heterocycles. The van der Waals surface area contributed by atoms with Gasteiger partial charge in [0.2, 0.25) is 0 Å². The molecule has 0 atom stereocenters. The van der Waals surface area contributed by atoms with Crippen molar-refractivity contribution in [3.05, 3.63) is 55.6 Å². The van der Waals surface area contributed by atoms with Crippen LogP contribution in [-0.4, -0.2) is 41.9 Å². The van der Waals surface area contributed by atoms with E-state index in [1.165, 1.54) is 4.88 Å². The maximum Gasteiger partial charge on any atom is 0.253 e. The molecule has 1 aliphatic heterocycles. The van der Waals surface area contributed by atoms with Crippen molar-refractivity contribution < 1.29 is 4.79 Å². The summed E-state index contributed by atoms with van der Waals surface area (Å²) < 4.78 is 1.77. The summed E-state index contributed by atoms with van der Waals surface area (Å²) in [6.45, 7) is 4.25. The molecule has 0 unspecified atom stereocenters. The highest BCUT2D eigenvalue weighted by Gasteiger charge is 2.22. The molecule has 1 amide bonds. The van der Waals surface area contributed by atoms with Crippen LogP contribution in [0.25, 0.3) is 0 Å². The van der Waals surface area contributed by atoms with Crippen LogP contribution in [0.15, 0.2) is 40.9 Å². The molecular weight excluding hydrogens is 384 g/mol. The first-order valence-corrected chi connectivity index (χ1v) is 9.12. The fourth-order valence-electron chi connectivity index (χ4n) is 2.57. The third kappa shape index (κ3) is 3.90. The summed E-state index contributed by atoms with van der Waals surface area (Å²) in [4.78, 5) is 18.1. The summed E-state index contributed by atoms with van der Waals surface area (Å²) in [6.07, 6.45) is 0. The Morgan fingerprint density at radius 2 is 1.95 bits per heavy atom. The lowest BCUT2D eigenvalue weighted by molar-refractivity contribution is 0.0629. The average Bonchev–Trinajstić information content (AvgIpc) is 2.92. The van der Waals surface area contributed by atoms with Gasteiger partial charge in [0.25, 0.3) is 5.91 Å². The van der Waals surface area contributed by atoms with Crippen LogP contribution < -0.4 is 0 Å². The minimum absolute atomic E-state index is 0.111. The normalized spacial score (nSPS) is 16.0. The Kier molecular flexibility index (Phi) is 5.18. The molecule has 3 rings (SSSR count). The van der Waals surface area contributed by atoms with E-state index in [-0.39, 0.29) is 5.91 Å². The lowest BCUT2D eigenvalue weighted by Gasteiger charge is -2.34. The Morgan fingerprint density at radius 3 is 2.59 bits per heavy atom. The Balaban J connectivity index is 1.56. The second-order valence-corrected chi connectivity index (χ2v) is 8.00. The van der Waals surface area contributed by atoms with Gasteiger partial charge >= 0.3 is 0 Å². The predicted molar refractivity (Wildman–Crippen MR) is 94.7 cm³/mol. The Morgan fingerprint density at radius 1 is 1.18 bits per heavy atom. The third-order valence-electron chi connectivity index (χ3n) is 3.74. The van der Waals surface area contributed by atoms with Crippen molar-refractivity contribution in [2.45, 2.75) is 6.54 Å². The molecule has 0 saturated carbocycles. The van der Waals surface area contributed by atoms with E-state index >= 15 is 0 Å². The molecule has 2 aromatic rings. The van der Waals surface area contributed by atoms with Gasteiger partial charge in [0.15, 0.2) is 0 Å². The third-order valence-corrected chi connectivity index (χ3v) is 5.45. The van der Waals surface area contributed by atoms with E-state index in [1.807, 2.05) is 35.2 Å². The van der Waals surface area contributed by atoms with Crippen LogP contribution in [-0.2, 0) is 6.54 Å². The highest BCUT2D eigenvalue weighted by Crippen LogP contribution is 2.23. The van der Waals surface area contributed by atoms with E-state index in [0.717, 1.165) is 47.1 Å². The Bertz CT molecular complexity index is 668. The van der Waals surface area contributed by atoms with Gasteiger partial charge in [-0.25, -0.2) is 0 Å². The number of halogens is 2. The smallest absolute Gasteiger partial charge is 0.253 e. The van der Waals surface area contributed by atoms with Gasteiger partial charge in [-0.05, 0) is 30.3 Å². The van der Waals surface area contributed by atoms with Crippen LogP contribution in [0.3, 0.4) is 0 Å². The van der Waals surface area contributed by atoms with Gasteiger partial charge in [0.1, 0.15) is 0 Å². The summed E-state index contributed by atoms with van der Waals surface area (Å²) in [5, 5.41) is 0. The van der Waals surface area contributed by atoms with Crippen LogP contribution in [0.2, 0.25) is 4.34 Å². The van der Waals surface area contributed by atoms with Crippen molar-refractivity contribution in [1.29, 1.82) is 0 Å². The zero-order valence-electron chi connectivity index (χ0n) is 12.0. The Hall–Kier alpha value is -0.880. The second-order valence-electron chi connectivity index (χ2n) is 5.28. The van der Waals surface area contributed by atoms with E-state index in [4.69, 9.17) is 11.6 Å². The van der Waals surface area contributed by atoms with E-state index in [2.05, 4.69) is 26.9 Å². The van der Waals surface area contributed by atoms with Crippen molar-refractivity contribution in [3.8, 4) is 0 Å². The number of hydrogen-bond acceptors (Lipinski definition) is 3. The van der Waals surface area contributed by atoms with Crippen LogP contribution in [0, 0.1) is 0 Å². The average molecular weight is 400 g/mol. The maximum atomic E-state index is 12.5. The number of nitrogens with zero attached hydrogens (tertiary/aromatic N) is 2. The van der Waals surface area contributed by atoms with Crippen LogP contribution in [0.4, 0.5) is 0 Å². The molecule has 0 aliphatic carbocycles. The number of benzene rings is 1. The highest BCUT2D eigenvalue weighted by atomic mass is 79.9. The van der Waals surface area contributed by atoms with Crippen LogP contribution in [0.5, 0.6) is 0 Å². The molecule has 0 radical (unpaired) electrons. The summed E-state index contributed by atoms with van der Waals surface area (Å²) in [6, 6.07) is 11.6. The maximum absolute atomic E-state index is 12.5. The highest BCUT2D eigenvalue weighted by molar-refractivity contribution is 9.10. The Labute approximate surface area is 147 Å². The molecule has 1 aromatic heterocycles. The number of carbonyl (C=O) groups is 1. The summed E-state index contributed by atoms with van der Waals surface area (Å²) in [5.41, 5.74) is 0.743. The van der Waals surface area contributed by atoms with E-state index in [9.17, 15) is 4.79 Å². The lowest BCUT2D eigenvalue weighted by atomic mass is 10.2. The van der Waals surface area contributed by atoms with Gasteiger partial charge in [-0.2, -0.15) is 0 Å². The quantitative estimate of drug-likeness (QED) is 0.775. The molecule has 6 heteroatoms. The minimum Gasteiger partial charge on any atom is -0.336 e. The molecule has 3 nitrogen and oxygen atoms in total. The van der Waals surface area contributed by atoms with Crippen LogP contribution in [0.1, 0.15) is 15.2 Å². The topological polar surface area (TPSA) is 23.6 Å². The molecule has 1 aromatic carbocycles. The fraction of sp³-hybridized carbons (Fsp3) is 0.312. The standard InChI is InChI=1S/C16H16BrClN2OS/c17-13-3-1-2-12(10-13)16(21)20-8-6-19(7-9-20)11-14-4-5-15(18)22-14/h1-5,10H,6-9,11H2. The van der Waals surface area contributed by atoms with Gasteiger partial charge in [0, 0.05) is 47.6 Å². The molecule has 0 spiro atoms. The van der Waals surface area contributed by atoms with Gasteiger partial charge in [-0.3, -0.25) is 9.69 Å². The predicted octanol–water partition coefficient (Wildman–Crippen LogP) is 4.12. The summed E-state index contributed by atoms with van der Waals surface area (Å²) in [5.74, 6) is 0.111. The second kappa shape index (κ2) is 7.13. The van der Waals surface area contributed by atoms with Gasteiger partial charge in [0.05, 0.1) is 4.34 Å². The first-order chi connectivity index (χ1) is 10.6. The van der Waals surface area contributed by atoms with Crippen molar-refractivity contribution in [2.24, 2.45) is 0 Å². The van der Waals surface area contributed by atoms with E-state index in [0.29, 0.717) is 0 Å². The van der Waals surface area contributed by atoms with Gasteiger partial charge in [-0.15, -0.1) is 11.3 Å². The largest absolute Gasteiger partial charge is 0.336 e. The van der Waals surface area contributed by atoms with Crippen molar-refractivity contribution >= 4 is 44.8 Å².